The van der Waals surface area contributed by atoms with E-state index in [9.17, 15) is 24.5 Å². The van der Waals surface area contributed by atoms with Crippen molar-refractivity contribution in [2.75, 3.05) is 0 Å². The van der Waals surface area contributed by atoms with E-state index in [1.54, 1.807) is 37.3 Å². The second-order valence-electron chi connectivity index (χ2n) is 8.38. The minimum atomic E-state index is -0.716. The topological polar surface area (TPSA) is 77.8 Å². The number of rotatable bonds is 12. The van der Waals surface area contributed by atoms with Crippen LogP contribution < -0.4 is 0 Å². The third kappa shape index (κ3) is 8.00. The van der Waals surface area contributed by atoms with Crippen LogP contribution in [0.4, 0.5) is 4.39 Å². The van der Waals surface area contributed by atoms with Gasteiger partial charge in [-0.05, 0) is 56.9 Å². The molecule has 4 nitrogen and oxygen atoms in total. The van der Waals surface area contributed by atoms with Crippen LogP contribution in [0, 0.1) is 17.7 Å². The first kappa shape index (κ1) is 23.7. The Morgan fingerprint density at radius 2 is 1.76 bits per heavy atom. The molecule has 2 rings (SSSR count). The Morgan fingerprint density at radius 1 is 1.10 bits per heavy atom. The van der Waals surface area contributed by atoms with E-state index >= 15 is 0 Å². The molecule has 0 radical (unpaired) electrons. The normalized spacial score (nSPS) is 25.6. The lowest BCUT2D eigenvalue weighted by molar-refractivity contribution is -0.117. The van der Waals surface area contributed by atoms with Crippen LogP contribution in [0.2, 0.25) is 0 Å². The number of carbonyl (C=O) groups is 1. The van der Waals surface area contributed by atoms with E-state index in [1.807, 2.05) is 0 Å². The summed E-state index contributed by atoms with van der Waals surface area (Å²) in [5.41, 5.74) is 0.436. The molecule has 1 unspecified atom stereocenters. The molecule has 1 aromatic carbocycles. The van der Waals surface area contributed by atoms with Crippen molar-refractivity contribution in [3.63, 3.8) is 0 Å². The van der Waals surface area contributed by atoms with Crippen molar-refractivity contribution in [1.29, 1.82) is 0 Å². The summed E-state index contributed by atoms with van der Waals surface area (Å²) >= 11 is 0. The Kier molecular flexibility index (Phi) is 9.98. The van der Waals surface area contributed by atoms with Crippen LogP contribution in [-0.2, 0) is 4.79 Å². The molecule has 1 fully saturated rings. The van der Waals surface area contributed by atoms with Crippen molar-refractivity contribution in [1.82, 2.24) is 0 Å². The zero-order valence-electron chi connectivity index (χ0n) is 17.3. The number of unbranched alkanes of at least 4 members (excludes halogenated alkanes) is 3. The predicted molar refractivity (Wildman–Crippen MR) is 113 cm³/mol. The summed E-state index contributed by atoms with van der Waals surface area (Å²) in [6.45, 7) is 1.61. The van der Waals surface area contributed by atoms with Crippen molar-refractivity contribution in [3.8, 4) is 0 Å². The lowest BCUT2D eigenvalue weighted by atomic mass is 9.85. The minimum absolute atomic E-state index is 0.0290. The zero-order chi connectivity index (χ0) is 21.2. The second-order valence-corrected chi connectivity index (χ2v) is 8.38. The van der Waals surface area contributed by atoms with Gasteiger partial charge in [0.15, 0.2) is 0 Å². The highest BCUT2D eigenvalue weighted by Gasteiger charge is 2.40. The van der Waals surface area contributed by atoms with Crippen molar-refractivity contribution < 1.29 is 24.5 Å². The summed E-state index contributed by atoms with van der Waals surface area (Å²) in [5, 5.41) is 30.9. The highest BCUT2D eigenvalue weighted by molar-refractivity contribution is 5.75. The molecule has 0 heterocycles. The average Bonchev–Trinajstić information content (AvgIpc) is 2.94. The summed E-state index contributed by atoms with van der Waals surface area (Å²) in [7, 11) is 0. The van der Waals surface area contributed by atoms with Gasteiger partial charge in [-0.3, -0.25) is 0 Å². The number of halogens is 1. The fourth-order valence-corrected chi connectivity index (χ4v) is 4.37. The first-order valence-electron chi connectivity index (χ1n) is 10.8. The largest absolute Gasteiger partial charge is 0.393 e. The summed E-state index contributed by atoms with van der Waals surface area (Å²) in [6, 6.07) is 6.41. The fourth-order valence-electron chi connectivity index (χ4n) is 4.37. The highest BCUT2D eigenvalue weighted by Crippen LogP contribution is 2.39. The van der Waals surface area contributed by atoms with Crippen LogP contribution in [0.3, 0.4) is 0 Å². The van der Waals surface area contributed by atoms with Crippen LogP contribution in [0.25, 0.3) is 6.08 Å². The standard InChI is InChI=1S/C24H35FO4/c1-17(26)8-4-2-3-5-10-20-21(24(29)16-23(20)28)15-14-19(27)13-12-18-9-6-7-11-22(18)25/h6-7,9,11-13,19-21,23-24,27-29H,2-5,8,10,14-16H2,1H3/b13-12-/t19?,20-,21-,23+,24-/m1/s1. The molecule has 0 aliphatic heterocycles. The van der Waals surface area contributed by atoms with E-state index in [0.717, 1.165) is 32.1 Å². The molecule has 0 amide bonds. The van der Waals surface area contributed by atoms with Gasteiger partial charge < -0.3 is 20.1 Å². The molecule has 29 heavy (non-hydrogen) atoms. The van der Waals surface area contributed by atoms with E-state index in [1.165, 1.54) is 6.07 Å². The molecule has 5 heteroatoms. The van der Waals surface area contributed by atoms with Gasteiger partial charge in [0.25, 0.3) is 0 Å². The number of carbonyl (C=O) groups excluding carboxylic acids is 1. The molecule has 162 valence electrons. The number of ketones is 1. The van der Waals surface area contributed by atoms with E-state index in [0.29, 0.717) is 31.2 Å². The maximum atomic E-state index is 13.6. The molecular formula is C24H35FO4. The number of benzene rings is 1. The molecule has 1 aliphatic rings. The number of Topliss-reactive ketones (excluding diaryl/α,β-unsaturated/α-hetero) is 1. The second kappa shape index (κ2) is 12.2. The lowest BCUT2D eigenvalue weighted by Gasteiger charge is -2.24. The van der Waals surface area contributed by atoms with Gasteiger partial charge in [-0.25, -0.2) is 4.39 Å². The van der Waals surface area contributed by atoms with E-state index in [-0.39, 0.29) is 23.4 Å². The zero-order valence-corrected chi connectivity index (χ0v) is 17.3. The monoisotopic (exact) mass is 406 g/mol. The molecule has 1 saturated carbocycles. The van der Waals surface area contributed by atoms with Crippen LogP contribution in [0.15, 0.2) is 30.3 Å². The number of aliphatic hydroxyl groups excluding tert-OH is 3. The Labute approximate surface area is 173 Å². The molecule has 3 N–H and O–H groups in total. The van der Waals surface area contributed by atoms with Gasteiger partial charge in [0.2, 0.25) is 0 Å². The molecule has 1 aromatic rings. The summed E-state index contributed by atoms with van der Waals surface area (Å²) in [6.07, 6.45) is 8.27. The van der Waals surface area contributed by atoms with E-state index in [2.05, 4.69) is 0 Å². The van der Waals surface area contributed by atoms with Gasteiger partial charge in [0.1, 0.15) is 11.6 Å². The third-order valence-corrected chi connectivity index (χ3v) is 6.04. The van der Waals surface area contributed by atoms with Crippen molar-refractivity contribution >= 4 is 11.9 Å². The first-order chi connectivity index (χ1) is 13.9. The quantitative estimate of drug-likeness (QED) is 0.453. The molecule has 0 saturated heterocycles. The van der Waals surface area contributed by atoms with Gasteiger partial charge in [-0.2, -0.15) is 0 Å². The van der Waals surface area contributed by atoms with E-state index in [4.69, 9.17) is 0 Å². The van der Waals surface area contributed by atoms with Gasteiger partial charge >= 0.3 is 0 Å². The maximum absolute atomic E-state index is 13.6. The molecule has 0 aromatic heterocycles. The van der Waals surface area contributed by atoms with E-state index < -0.39 is 18.3 Å². The van der Waals surface area contributed by atoms with Gasteiger partial charge in [0, 0.05) is 12.0 Å². The van der Waals surface area contributed by atoms with Crippen molar-refractivity contribution in [2.24, 2.45) is 11.8 Å². The summed E-state index contributed by atoms with van der Waals surface area (Å²) < 4.78 is 13.6. The molecule has 0 bridgehead atoms. The lowest BCUT2D eigenvalue weighted by Crippen LogP contribution is -2.23. The average molecular weight is 407 g/mol. The molecular weight excluding hydrogens is 371 g/mol. The Hall–Kier alpha value is -1.56. The maximum Gasteiger partial charge on any atom is 0.130 e. The Morgan fingerprint density at radius 3 is 2.45 bits per heavy atom. The summed E-state index contributed by atoms with van der Waals surface area (Å²) in [4.78, 5) is 11.0. The number of hydrogen-bond acceptors (Lipinski definition) is 4. The summed E-state index contributed by atoms with van der Waals surface area (Å²) in [5.74, 6) is -0.0880. The van der Waals surface area contributed by atoms with Crippen LogP contribution in [-0.4, -0.2) is 39.4 Å². The van der Waals surface area contributed by atoms with Crippen LogP contribution in [0.1, 0.15) is 70.3 Å². The Bertz CT molecular complexity index is 660. The molecule has 1 aliphatic carbocycles. The fraction of sp³-hybridized carbons (Fsp3) is 0.625. The van der Waals surface area contributed by atoms with Gasteiger partial charge in [0.05, 0.1) is 18.3 Å². The van der Waals surface area contributed by atoms with Crippen molar-refractivity contribution in [3.05, 3.63) is 41.7 Å². The highest BCUT2D eigenvalue weighted by atomic mass is 19.1. The minimum Gasteiger partial charge on any atom is -0.393 e. The third-order valence-electron chi connectivity index (χ3n) is 6.04. The Balaban J connectivity index is 1.77. The predicted octanol–water partition coefficient (Wildman–Crippen LogP) is 4.27. The molecule has 5 atom stereocenters. The van der Waals surface area contributed by atoms with Crippen LogP contribution in [0.5, 0.6) is 0 Å². The van der Waals surface area contributed by atoms with Crippen molar-refractivity contribution in [2.45, 2.75) is 83.0 Å². The van der Waals surface area contributed by atoms with Gasteiger partial charge in [-0.1, -0.05) is 49.6 Å². The first-order valence-corrected chi connectivity index (χ1v) is 10.8. The number of hydrogen-bond donors (Lipinski definition) is 3. The molecule has 0 spiro atoms. The van der Waals surface area contributed by atoms with Gasteiger partial charge in [-0.15, -0.1) is 0 Å². The van der Waals surface area contributed by atoms with Crippen LogP contribution >= 0.6 is 0 Å². The smallest absolute Gasteiger partial charge is 0.130 e. The SMILES string of the molecule is CC(=O)CCCCCC[C@@H]1[C@@H](CCC(O)/C=C\c2ccccc2F)[C@H](O)C[C@@H]1O. The number of aliphatic hydroxyl groups is 3.